The number of aliphatic hydroxyl groups is 1. The molecule has 6 amide bonds. The van der Waals surface area contributed by atoms with Gasteiger partial charge in [0.1, 0.15) is 18.4 Å². The quantitative estimate of drug-likeness (QED) is 0.0512. The van der Waals surface area contributed by atoms with E-state index in [4.69, 9.17) is 4.74 Å². The van der Waals surface area contributed by atoms with Crippen LogP contribution >= 0.6 is 11.3 Å². The monoisotopic (exact) mass is 979 g/mol. The van der Waals surface area contributed by atoms with Crippen molar-refractivity contribution in [1.82, 2.24) is 56.1 Å². The van der Waals surface area contributed by atoms with Crippen LogP contribution in [0.25, 0.3) is 21.8 Å². The number of hydrogen-bond donors (Lipinski definition) is 7. The molecule has 0 unspecified atom stereocenters. The zero-order valence-electron chi connectivity index (χ0n) is 40.4. The van der Waals surface area contributed by atoms with E-state index in [9.17, 15) is 33.9 Å². The number of nitrogens with zero attached hydrogens (tertiary/aromatic N) is 7. The molecule has 1 aliphatic rings. The number of para-hydroxylation sites is 1. The number of nitrogens with one attached hydrogen (secondary N) is 6. The van der Waals surface area contributed by atoms with Crippen molar-refractivity contribution in [1.29, 1.82) is 0 Å². The van der Waals surface area contributed by atoms with Crippen LogP contribution in [0.5, 0.6) is 5.75 Å². The van der Waals surface area contributed by atoms with E-state index in [0.717, 1.165) is 21.7 Å². The molecule has 372 valence electrons. The summed E-state index contributed by atoms with van der Waals surface area (Å²) in [5.74, 6) is -1.72. The van der Waals surface area contributed by atoms with Gasteiger partial charge in [-0.3, -0.25) is 33.4 Å². The van der Waals surface area contributed by atoms with E-state index in [1.165, 1.54) is 25.1 Å². The predicted molar refractivity (Wildman–Crippen MR) is 263 cm³/mol. The molecule has 0 bridgehead atoms. The Kier molecular flexibility index (Phi) is 17.7. The van der Waals surface area contributed by atoms with Gasteiger partial charge in [0.2, 0.25) is 29.5 Å². The van der Waals surface area contributed by atoms with Gasteiger partial charge in [0.25, 0.3) is 5.91 Å². The van der Waals surface area contributed by atoms with Crippen LogP contribution in [0, 0.1) is 12.3 Å². The average molecular weight is 980 g/mol. The summed E-state index contributed by atoms with van der Waals surface area (Å²) in [5, 5.41) is 39.6. The van der Waals surface area contributed by atoms with Crippen LogP contribution in [-0.2, 0) is 37.6 Å². The summed E-state index contributed by atoms with van der Waals surface area (Å²) >= 11 is 1.56. The van der Waals surface area contributed by atoms with Gasteiger partial charge in [-0.15, -0.1) is 21.5 Å². The van der Waals surface area contributed by atoms with Crippen LogP contribution in [0.1, 0.15) is 87.5 Å². The van der Waals surface area contributed by atoms with Crippen molar-refractivity contribution >= 4 is 64.0 Å². The lowest BCUT2D eigenvalue weighted by Gasteiger charge is -2.35. The highest BCUT2D eigenvalue weighted by Crippen LogP contribution is 2.37. The molecule has 22 heteroatoms. The Morgan fingerprint density at radius 2 is 1.64 bits per heavy atom. The van der Waals surface area contributed by atoms with E-state index in [1.54, 1.807) is 53.1 Å². The third-order valence-electron chi connectivity index (χ3n) is 11.5. The molecule has 1 fully saturated rings. The van der Waals surface area contributed by atoms with Gasteiger partial charge >= 0.3 is 0 Å². The van der Waals surface area contributed by atoms with Gasteiger partial charge in [-0.25, -0.2) is 9.97 Å². The molecular weight excluding hydrogens is 919 g/mol. The molecule has 3 aromatic heterocycles. The molecule has 7 N–H and O–H groups in total. The number of hydrogen-bond acceptors (Lipinski definition) is 15. The number of amides is 6. The molecule has 0 aliphatic carbocycles. The number of benzene rings is 2. The first kappa shape index (κ1) is 52.0. The average Bonchev–Trinajstić information content (AvgIpc) is 4.09. The predicted octanol–water partition coefficient (Wildman–Crippen LogP) is 4.02. The minimum absolute atomic E-state index is 0.0247. The largest absolute Gasteiger partial charge is 0.494 e. The Morgan fingerprint density at radius 1 is 0.914 bits per heavy atom. The van der Waals surface area contributed by atoms with Gasteiger partial charge in [0.15, 0.2) is 23.1 Å². The maximum Gasteiger partial charge on any atom is 0.273 e. The first-order chi connectivity index (χ1) is 33.4. The molecule has 6 rings (SSSR count). The third-order valence-corrected chi connectivity index (χ3v) is 12.5. The number of carbonyl (C=O) groups is 6. The number of thiazole rings is 1. The fourth-order valence-electron chi connectivity index (χ4n) is 7.87. The molecule has 0 radical (unpaired) electrons. The maximum atomic E-state index is 14.0. The molecule has 2 aromatic carbocycles. The van der Waals surface area contributed by atoms with Gasteiger partial charge in [0.05, 0.1) is 52.8 Å². The van der Waals surface area contributed by atoms with Crippen LogP contribution in [0.3, 0.4) is 0 Å². The highest BCUT2D eigenvalue weighted by molar-refractivity contribution is 7.13. The number of aryl methyl sites for hydroxylation is 2. The molecule has 3 atom stereocenters. The number of β-amino-alcohol motifs (C(OH)–C–C–N with tert-alkyl or cyclic N) is 1. The fraction of sp³-hybridized carbons (Fsp3) is 0.438. The number of ether oxygens (including phenoxy) is 1. The minimum atomic E-state index is -0.945. The minimum Gasteiger partial charge on any atom is -0.494 e. The Balaban J connectivity index is 0.918. The third kappa shape index (κ3) is 13.7. The normalized spacial score (nSPS) is 14.9. The van der Waals surface area contributed by atoms with E-state index in [2.05, 4.69) is 57.2 Å². The molecule has 4 heterocycles. The second-order valence-electron chi connectivity index (χ2n) is 18.0. The molecule has 0 saturated carbocycles. The van der Waals surface area contributed by atoms with Crippen LogP contribution < -0.4 is 36.6 Å². The second kappa shape index (κ2) is 23.8. The summed E-state index contributed by atoms with van der Waals surface area (Å²) in [4.78, 5) is 89.9. The Bertz CT molecular complexity index is 2660. The zero-order valence-corrected chi connectivity index (χ0v) is 41.2. The smallest absolute Gasteiger partial charge is 0.273 e. The van der Waals surface area contributed by atoms with Crippen molar-refractivity contribution in [3.8, 4) is 27.6 Å². The standard InChI is InChI=1S/C48H61N13O8S/c1-28-42(70-27-53-28)30-19-17-29(18-20-30)23-51-45(66)35-21-31(62)25-61(35)47(68)43(48(2,3)4)56-38(64)16-11-9-8-10-15-37(63)50-24-39(65)55-36-22-34(40(58-57-36)46(67)49-5)54-33-14-12-13-32(41(33)69-7)44-52-26-60(6)59-44/h12-14,17-20,22,26-27,31,35,43,62H,8-11,15-16,21,23-25H2,1-7H3,(H,49,67)(H,50,63)(H,51,66)(H,56,64)(H2,54,55,57,65)/t31-,35+,43-/m1/s1. The number of carbonyl (C=O) groups excluding carboxylic acids is 6. The van der Waals surface area contributed by atoms with Crippen molar-refractivity contribution in [3.63, 3.8) is 0 Å². The number of aromatic nitrogens is 6. The lowest BCUT2D eigenvalue weighted by atomic mass is 9.85. The van der Waals surface area contributed by atoms with Crippen LogP contribution in [0.2, 0.25) is 0 Å². The van der Waals surface area contributed by atoms with Gasteiger partial charge in [0, 0.05) is 52.5 Å². The van der Waals surface area contributed by atoms with Crippen molar-refractivity contribution in [2.24, 2.45) is 12.5 Å². The second-order valence-corrected chi connectivity index (χ2v) is 18.9. The van der Waals surface area contributed by atoms with Crippen LogP contribution in [-0.4, -0.2) is 121 Å². The summed E-state index contributed by atoms with van der Waals surface area (Å²) in [6.45, 7) is 7.33. The highest BCUT2D eigenvalue weighted by atomic mass is 32.1. The Labute approximate surface area is 410 Å². The lowest BCUT2D eigenvalue weighted by Crippen LogP contribution is -2.57. The zero-order chi connectivity index (χ0) is 50.5. The van der Waals surface area contributed by atoms with E-state index in [-0.39, 0.29) is 73.8 Å². The summed E-state index contributed by atoms with van der Waals surface area (Å²) < 4.78 is 7.24. The summed E-state index contributed by atoms with van der Waals surface area (Å²) in [7, 11) is 4.69. The Morgan fingerprint density at radius 3 is 2.29 bits per heavy atom. The maximum absolute atomic E-state index is 14.0. The molecule has 21 nitrogen and oxygen atoms in total. The summed E-state index contributed by atoms with van der Waals surface area (Å²) in [5.41, 5.74) is 5.21. The topological polar surface area (TPSA) is 277 Å². The van der Waals surface area contributed by atoms with Crippen molar-refractivity contribution < 1.29 is 38.6 Å². The van der Waals surface area contributed by atoms with E-state index < -0.39 is 41.3 Å². The molecule has 1 saturated heterocycles. The molecule has 70 heavy (non-hydrogen) atoms. The number of unbranched alkanes of at least 4 members (excludes halogenated alkanes) is 3. The van der Waals surface area contributed by atoms with Gasteiger partial charge < -0.3 is 46.6 Å². The van der Waals surface area contributed by atoms with E-state index in [0.29, 0.717) is 48.5 Å². The van der Waals surface area contributed by atoms with Crippen molar-refractivity contribution in [2.75, 3.05) is 37.9 Å². The molecule has 1 aliphatic heterocycles. The number of aliphatic hydroxyl groups excluding tert-OH is 1. The van der Waals surface area contributed by atoms with Crippen LogP contribution in [0.15, 0.2) is 60.4 Å². The van der Waals surface area contributed by atoms with Crippen LogP contribution in [0.4, 0.5) is 17.2 Å². The lowest BCUT2D eigenvalue weighted by molar-refractivity contribution is -0.144. The van der Waals surface area contributed by atoms with Gasteiger partial charge in [-0.2, -0.15) is 5.10 Å². The summed E-state index contributed by atoms with van der Waals surface area (Å²) in [6, 6.07) is 12.7. The fourth-order valence-corrected chi connectivity index (χ4v) is 8.68. The van der Waals surface area contributed by atoms with Crippen molar-refractivity contribution in [2.45, 2.75) is 97.4 Å². The molecule has 5 aromatic rings. The molecule has 0 spiro atoms. The first-order valence-electron chi connectivity index (χ1n) is 23.0. The number of methoxy groups -OCH3 is 1. The van der Waals surface area contributed by atoms with Crippen molar-refractivity contribution in [3.05, 3.63) is 77.3 Å². The first-order valence-corrected chi connectivity index (χ1v) is 23.8. The summed E-state index contributed by atoms with van der Waals surface area (Å²) in [6.07, 6.45) is 3.36. The van der Waals surface area contributed by atoms with E-state index in [1.807, 2.05) is 52.0 Å². The Hall–Kier alpha value is -7.33. The number of anilines is 3. The SMILES string of the molecule is CNC(=O)c1nnc(NC(=O)CNC(=O)CCCCCCC(=O)N[C@H](C(=O)N2C[C@H](O)C[C@H]2C(=O)NCc2ccc(-c3scnc3C)cc2)C(C)(C)C)cc1Nc1cccc(-c2ncn(C)n2)c1OC. The molecular formula is C48H61N13O8S. The van der Waals surface area contributed by atoms with Gasteiger partial charge in [-0.05, 0) is 48.4 Å². The van der Waals surface area contributed by atoms with Gasteiger partial charge in [-0.1, -0.05) is 63.9 Å². The van der Waals surface area contributed by atoms with E-state index >= 15 is 0 Å². The number of rotatable bonds is 21. The number of likely N-dealkylation sites (tertiary alicyclic amines) is 1. The highest BCUT2D eigenvalue weighted by Gasteiger charge is 2.44.